The van der Waals surface area contributed by atoms with Gasteiger partial charge in [0.2, 0.25) is 15.9 Å². The Morgan fingerprint density at radius 1 is 1.32 bits per heavy atom. The molecule has 0 saturated heterocycles. The average molecular weight is 366 g/mol. The largest absolute Gasteiger partial charge is 0.336 e. The first-order valence-corrected chi connectivity index (χ1v) is 9.49. The van der Waals surface area contributed by atoms with Gasteiger partial charge in [-0.15, -0.1) is 0 Å². The molecule has 1 amide bonds. The van der Waals surface area contributed by atoms with Crippen molar-refractivity contribution < 1.29 is 13.2 Å². The zero-order chi connectivity index (χ0) is 18.7. The number of hydrogen-bond acceptors (Lipinski definition) is 5. The first-order chi connectivity index (χ1) is 11.7. The maximum absolute atomic E-state index is 12.3. The second kappa shape index (κ2) is 7.37. The molecule has 2 rings (SSSR count). The van der Waals surface area contributed by atoms with Gasteiger partial charge in [0.15, 0.2) is 0 Å². The number of nitrogens with zero attached hydrogens (tertiary/aromatic N) is 3. The van der Waals surface area contributed by atoms with Gasteiger partial charge in [-0.3, -0.25) is 9.59 Å². The Kier molecular flexibility index (Phi) is 5.65. The minimum atomic E-state index is -3.71. The van der Waals surface area contributed by atoms with Crippen LogP contribution in [0, 0.1) is 11.3 Å². The van der Waals surface area contributed by atoms with E-state index in [2.05, 4.69) is 11.4 Å². The second-order valence-corrected chi connectivity index (χ2v) is 8.57. The zero-order valence-corrected chi connectivity index (χ0v) is 15.2. The summed E-state index contributed by atoms with van der Waals surface area (Å²) >= 11 is 0. The summed E-state index contributed by atoms with van der Waals surface area (Å²) in [6, 6.07) is 4.51. The van der Waals surface area contributed by atoms with Gasteiger partial charge in [-0.05, 0) is 18.9 Å². The molecule has 136 valence electrons. The fraction of sp³-hybridized carbons (Fsp3) is 0.562. The molecule has 0 aliphatic heterocycles. The molecule has 1 heterocycles. The molecular formula is C16H22N4O4S. The van der Waals surface area contributed by atoms with E-state index in [1.54, 1.807) is 0 Å². The van der Waals surface area contributed by atoms with E-state index in [0.29, 0.717) is 12.8 Å². The minimum absolute atomic E-state index is 0.0717. The quantitative estimate of drug-likeness (QED) is 0.813. The summed E-state index contributed by atoms with van der Waals surface area (Å²) in [7, 11) is -0.934. The number of carbonyl (C=O) groups is 1. The molecule has 1 fully saturated rings. The van der Waals surface area contributed by atoms with Crippen molar-refractivity contribution >= 4 is 15.9 Å². The molecular weight excluding hydrogens is 344 g/mol. The van der Waals surface area contributed by atoms with Crippen LogP contribution in [-0.4, -0.2) is 42.8 Å². The number of carbonyl (C=O) groups excluding carboxylic acids is 1. The van der Waals surface area contributed by atoms with Crippen LogP contribution >= 0.6 is 0 Å². The molecule has 9 heteroatoms. The van der Waals surface area contributed by atoms with Crippen molar-refractivity contribution in [1.82, 2.24) is 14.2 Å². The molecule has 0 spiro atoms. The summed E-state index contributed by atoms with van der Waals surface area (Å²) in [4.78, 5) is 24.2. The number of rotatable bonds is 5. The number of nitriles is 1. The molecule has 0 atom stereocenters. The van der Waals surface area contributed by atoms with E-state index in [4.69, 9.17) is 0 Å². The Morgan fingerprint density at radius 3 is 2.52 bits per heavy atom. The van der Waals surface area contributed by atoms with Crippen molar-refractivity contribution in [3.05, 3.63) is 28.7 Å². The summed E-state index contributed by atoms with van der Waals surface area (Å²) in [6.45, 7) is -0.334. The lowest BCUT2D eigenvalue weighted by molar-refractivity contribution is -0.123. The third kappa shape index (κ3) is 4.27. The molecule has 0 unspecified atom stereocenters. The number of amides is 1. The smallest absolute Gasteiger partial charge is 0.251 e. The lowest BCUT2D eigenvalue weighted by Gasteiger charge is -2.31. The topological polar surface area (TPSA) is 112 Å². The van der Waals surface area contributed by atoms with E-state index in [9.17, 15) is 23.3 Å². The standard InChI is InChI=1S/C16H22N4O4S/c1-19(2)25(23,24)13-6-7-15(22)20(10-13)11-14(21)18-16(12-17)8-4-3-5-9-16/h6-7,10H,3-5,8-9,11H2,1-2H3,(H,18,21). The number of pyridine rings is 1. The summed E-state index contributed by atoms with van der Waals surface area (Å²) in [5, 5.41) is 12.1. The number of sulfonamides is 1. The van der Waals surface area contributed by atoms with Crippen molar-refractivity contribution in [2.45, 2.75) is 49.1 Å². The molecule has 8 nitrogen and oxygen atoms in total. The number of nitrogens with one attached hydrogen (secondary N) is 1. The summed E-state index contributed by atoms with van der Waals surface area (Å²) in [5.74, 6) is -0.482. The molecule has 1 aliphatic rings. The number of aromatic nitrogens is 1. The lowest BCUT2D eigenvalue weighted by Crippen LogP contribution is -2.50. The second-order valence-electron chi connectivity index (χ2n) is 6.42. The maximum Gasteiger partial charge on any atom is 0.251 e. The Bertz CT molecular complexity index is 846. The lowest BCUT2D eigenvalue weighted by atomic mass is 9.83. The zero-order valence-electron chi connectivity index (χ0n) is 14.4. The predicted octanol–water partition coefficient (Wildman–Crippen LogP) is 0.441. The van der Waals surface area contributed by atoms with Crippen LogP contribution in [0.2, 0.25) is 0 Å². The number of hydrogen-bond donors (Lipinski definition) is 1. The Labute approximate surface area is 147 Å². The van der Waals surface area contributed by atoms with E-state index in [1.807, 2.05) is 0 Å². The molecule has 1 saturated carbocycles. The Morgan fingerprint density at radius 2 is 1.96 bits per heavy atom. The van der Waals surface area contributed by atoms with Crippen molar-refractivity contribution in [3.8, 4) is 6.07 Å². The monoisotopic (exact) mass is 366 g/mol. The van der Waals surface area contributed by atoms with Crippen LogP contribution in [0.25, 0.3) is 0 Å². The molecule has 1 N–H and O–H groups in total. The highest BCUT2D eigenvalue weighted by molar-refractivity contribution is 7.89. The SMILES string of the molecule is CN(C)S(=O)(=O)c1ccc(=O)n(CC(=O)NC2(C#N)CCCCC2)c1. The van der Waals surface area contributed by atoms with E-state index in [0.717, 1.165) is 40.4 Å². The van der Waals surface area contributed by atoms with Crippen LogP contribution in [0.4, 0.5) is 0 Å². The van der Waals surface area contributed by atoms with Gasteiger partial charge in [0.25, 0.3) is 5.56 Å². The van der Waals surface area contributed by atoms with Crippen LogP contribution in [0.3, 0.4) is 0 Å². The first-order valence-electron chi connectivity index (χ1n) is 8.05. The van der Waals surface area contributed by atoms with Crippen LogP contribution in [0.1, 0.15) is 32.1 Å². The van der Waals surface area contributed by atoms with E-state index < -0.39 is 27.0 Å². The molecule has 1 aromatic heterocycles. The molecule has 0 aromatic carbocycles. The van der Waals surface area contributed by atoms with Crippen molar-refractivity contribution in [3.63, 3.8) is 0 Å². The molecule has 0 radical (unpaired) electrons. The van der Waals surface area contributed by atoms with Crippen molar-refractivity contribution in [2.75, 3.05) is 14.1 Å². The Balaban J connectivity index is 2.21. The van der Waals surface area contributed by atoms with Gasteiger partial charge in [0.1, 0.15) is 12.1 Å². The van der Waals surface area contributed by atoms with Crippen LogP contribution in [0.5, 0.6) is 0 Å². The van der Waals surface area contributed by atoms with Gasteiger partial charge in [-0.25, -0.2) is 12.7 Å². The van der Waals surface area contributed by atoms with Gasteiger partial charge in [-0.2, -0.15) is 5.26 Å². The van der Waals surface area contributed by atoms with Gasteiger partial charge in [0.05, 0.1) is 11.0 Å². The van der Waals surface area contributed by atoms with Crippen molar-refractivity contribution in [2.24, 2.45) is 0 Å². The fourth-order valence-electron chi connectivity index (χ4n) is 2.88. The van der Waals surface area contributed by atoms with Crippen molar-refractivity contribution in [1.29, 1.82) is 5.26 Å². The highest BCUT2D eigenvalue weighted by atomic mass is 32.2. The Hall–Kier alpha value is -2.18. The normalized spacial score (nSPS) is 17.0. The van der Waals surface area contributed by atoms with Gasteiger partial charge in [0, 0.05) is 26.4 Å². The van der Waals surface area contributed by atoms with E-state index >= 15 is 0 Å². The third-order valence-corrected chi connectivity index (χ3v) is 6.15. The summed E-state index contributed by atoms with van der Waals surface area (Å²) in [6.07, 6.45) is 5.08. The van der Waals surface area contributed by atoms with E-state index in [1.165, 1.54) is 20.2 Å². The minimum Gasteiger partial charge on any atom is -0.336 e. The molecule has 1 aliphatic carbocycles. The van der Waals surface area contributed by atoms with Crippen LogP contribution in [-0.2, 0) is 21.4 Å². The molecule has 1 aromatic rings. The van der Waals surface area contributed by atoms with E-state index in [-0.39, 0.29) is 11.4 Å². The molecule has 25 heavy (non-hydrogen) atoms. The fourth-order valence-corrected chi connectivity index (χ4v) is 3.80. The van der Waals surface area contributed by atoms with Gasteiger partial charge >= 0.3 is 0 Å². The molecule has 0 bridgehead atoms. The van der Waals surface area contributed by atoms with Gasteiger partial charge < -0.3 is 9.88 Å². The van der Waals surface area contributed by atoms with Crippen LogP contribution in [0.15, 0.2) is 28.0 Å². The third-order valence-electron chi connectivity index (χ3n) is 4.35. The van der Waals surface area contributed by atoms with Gasteiger partial charge in [-0.1, -0.05) is 19.3 Å². The average Bonchev–Trinajstić information content (AvgIpc) is 2.57. The highest BCUT2D eigenvalue weighted by Crippen LogP contribution is 2.27. The highest BCUT2D eigenvalue weighted by Gasteiger charge is 2.33. The summed E-state index contributed by atoms with van der Waals surface area (Å²) < 4.78 is 26.4. The van der Waals surface area contributed by atoms with Crippen LogP contribution < -0.4 is 10.9 Å². The predicted molar refractivity (Wildman–Crippen MR) is 91.1 cm³/mol. The summed E-state index contributed by atoms with van der Waals surface area (Å²) in [5.41, 5.74) is -1.38. The maximum atomic E-state index is 12.3. The first kappa shape index (κ1) is 19.1.